The predicted molar refractivity (Wildman–Crippen MR) is 89.7 cm³/mol. The standard InChI is InChI=1S/C17H17ClN4/c1-11-3-5-14(18)13-4-6-16(20-17(11)13)22-9-12(10-22)15-7-8-19-21(15)2/h3-8,12H,9-10H2,1-2H3. The van der Waals surface area contributed by atoms with Gasteiger partial charge in [-0.2, -0.15) is 5.10 Å². The first kappa shape index (κ1) is 13.6. The second-order valence-electron chi connectivity index (χ2n) is 5.91. The van der Waals surface area contributed by atoms with Crippen LogP contribution in [0.5, 0.6) is 0 Å². The van der Waals surface area contributed by atoms with Gasteiger partial charge in [-0.05, 0) is 36.8 Å². The summed E-state index contributed by atoms with van der Waals surface area (Å²) in [5.74, 6) is 1.56. The molecule has 4 rings (SSSR count). The van der Waals surface area contributed by atoms with E-state index in [1.807, 2.05) is 30.1 Å². The van der Waals surface area contributed by atoms with Gasteiger partial charge in [0.05, 0.1) is 5.52 Å². The number of hydrogen-bond acceptors (Lipinski definition) is 3. The van der Waals surface area contributed by atoms with E-state index < -0.39 is 0 Å². The lowest BCUT2D eigenvalue weighted by Gasteiger charge is -2.40. The molecule has 0 bridgehead atoms. The smallest absolute Gasteiger partial charge is 0.129 e. The summed E-state index contributed by atoms with van der Waals surface area (Å²) in [6.45, 7) is 4.04. The van der Waals surface area contributed by atoms with Crippen LogP contribution in [0.1, 0.15) is 17.2 Å². The Morgan fingerprint density at radius 2 is 1.95 bits per heavy atom. The summed E-state index contributed by atoms with van der Waals surface area (Å²) in [7, 11) is 2.00. The van der Waals surface area contributed by atoms with Gasteiger partial charge in [0.15, 0.2) is 0 Å². The number of nitrogens with zero attached hydrogens (tertiary/aromatic N) is 4. The molecule has 1 fully saturated rings. The number of benzene rings is 1. The highest BCUT2D eigenvalue weighted by Gasteiger charge is 2.31. The zero-order valence-corrected chi connectivity index (χ0v) is 13.4. The number of anilines is 1. The summed E-state index contributed by atoms with van der Waals surface area (Å²) in [5, 5.41) is 6.03. The average Bonchev–Trinajstić information content (AvgIpc) is 2.88. The van der Waals surface area contributed by atoms with Crippen molar-refractivity contribution >= 4 is 28.3 Å². The van der Waals surface area contributed by atoms with E-state index in [1.165, 1.54) is 5.69 Å². The van der Waals surface area contributed by atoms with Crippen LogP contribution in [0.25, 0.3) is 10.9 Å². The van der Waals surface area contributed by atoms with Crippen LogP contribution in [0.4, 0.5) is 5.82 Å². The first-order valence-corrected chi connectivity index (χ1v) is 7.80. The van der Waals surface area contributed by atoms with Crippen molar-refractivity contribution in [1.82, 2.24) is 14.8 Å². The van der Waals surface area contributed by atoms with E-state index >= 15 is 0 Å². The van der Waals surface area contributed by atoms with Crippen LogP contribution in [0.15, 0.2) is 36.5 Å². The molecule has 0 amide bonds. The molecule has 22 heavy (non-hydrogen) atoms. The number of fused-ring (bicyclic) bond motifs is 1. The molecule has 4 nitrogen and oxygen atoms in total. The van der Waals surface area contributed by atoms with Gasteiger partial charge in [0, 0.05) is 48.4 Å². The molecule has 0 radical (unpaired) electrons. The maximum absolute atomic E-state index is 6.25. The minimum Gasteiger partial charge on any atom is -0.355 e. The van der Waals surface area contributed by atoms with Crippen molar-refractivity contribution in [3.8, 4) is 0 Å². The highest BCUT2D eigenvalue weighted by Crippen LogP contribution is 2.33. The molecule has 1 saturated heterocycles. The highest BCUT2D eigenvalue weighted by molar-refractivity contribution is 6.35. The maximum atomic E-state index is 6.25. The van der Waals surface area contributed by atoms with Gasteiger partial charge in [-0.3, -0.25) is 4.68 Å². The summed E-state index contributed by atoms with van der Waals surface area (Å²) in [6.07, 6.45) is 1.86. The lowest BCUT2D eigenvalue weighted by Crippen LogP contribution is -2.46. The summed E-state index contributed by atoms with van der Waals surface area (Å²) in [4.78, 5) is 7.12. The zero-order chi connectivity index (χ0) is 15.3. The second kappa shape index (κ2) is 4.99. The monoisotopic (exact) mass is 312 g/mol. The van der Waals surface area contributed by atoms with Gasteiger partial charge in [-0.1, -0.05) is 17.7 Å². The molecule has 3 aromatic rings. The molecule has 1 aliphatic heterocycles. The quantitative estimate of drug-likeness (QED) is 0.726. The molecule has 0 unspecified atom stereocenters. The van der Waals surface area contributed by atoms with Gasteiger partial charge >= 0.3 is 0 Å². The molecule has 0 aliphatic carbocycles. The van der Waals surface area contributed by atoms with Crippen LogP contribution >= 0.6 is 11.6 Å². The molecule has 5 heteroatoms. The van der Waals surface area contributed by atoms with Crippen LogP contribution in [-0.4, -0.2) is 27.9 Å². The van der Waals surface area contributed by atoms with Gasteiger partial charge in [-0.25, -0.2) is 4.98 Å². The molecular formula is C17H17ClN4. The Morgan fingerprint density at radius 3 is 2.68 bits per heavy atom. The summed E-state index contributed by atoms with van der Waals surface area (Å²) in [6, 6.07) is 10.2. The Hall–Kier alpha value is -2.07. The van der Waals surface area contributed by atoms with E-state index in [2.05, 4.69) is 35.1 Å². The van der Waals surface area contributed by atoms with Crippen molar-refractivity contribution in [3.63, 3.8) is 0 Å². The van der Waals surface area contributed by atoms with E-state index in [-0.39, 0.29) is 0 Å². The Bertz CT molecular complexity index is 849. The Labute approximate surface area is 134 Å². The van der Waals surface area contributed by atoms with Crippen molar-refractivity contribution in [2.24, 2.45) is 7.05 Å². The number of halogens is 1. The van der Waals surface area contributed by atoms with Gasteiger partial charge in [0.25, 0.3) is 0 Å². The van der Waals surface area contributed by atoms with Crippen molar-refractivity contribution in [1.29, 1.82) is 0 Å². The molecule has 0 N–H and O–H groups in total. The molecule has 0 atom stereocenters. The van der Waals surface area contributed by atoms with Crippen LogP contribution in [0.3, 0.4) is 0 Å². The van der Waals surface area contributed by atoms with Gasteiger partial charge in [0.2, 0.25) is 0 Å². The third-order valence-corrected chi connectivity index (χ3v) is 4.80. The highest BCUT2D eigenvalue weighted by atomic mass is 35.5. The second-order valence-corrected chi connectivity index (χ2v) is 6.32. The number of hydrogen-bond donors (Lipinski definition) is 0. The number of rotatable bonds is 2. The van der Waals surface area contributed by atoms with Crippen LogP contribution in [0.2, 0.25) is 5.02 Å². The van der Waals surface area contributed by atoms with Gasteiger partial charge < -0.3 is 4.90 Å². The van der Waals surface area contributed by atoms with Crippen LogP contribution in [0, 0.1) is 6.92 Å². The zero-order valence-electron chi connectivity index (χ0n) is 12.6. The lowest BCUT2D eigenvalue weighted by atomic mass is 9.96. The van der Waals surface area contributed by atoms with Crippen molar-refractivity contribution in [3.05, 3.63) is 52.8 Å². The van der Waals surface area contributed by atoms with E-state index in [4.69, 9.17) is 16.6 Å². The fourth-order valence-corrected chi connectivity index (χ4v) is 3.34. The van der Waals surface area contributed by atoms with E-state index in [0.29, 0.717) is 5.92 Å². The van der Waals surface area contributed by atoms with Gasteiger partial charge in [-0.15, -0.1) is 0 Å². The molecule has 3 heterocycles. The molecule has 2 aromatic heterocycles. The Morgan fingerprint density at radius 1 is 1.14 bits per heavy atom. The fourth-order valence-electron chi connectivity index (χ4n) is 3.12. The van der Waals surface area contributed by atoms with E-state index in [9.17, 15) is 0 Å². The lowest BCUT2D eigenvalue weighted by molar-refractivity contribution is 0.486. The summed E-state index contributed by atoms with van der Waals surface area (Å²) in [5.41, 5.74) is 3.44. The third kappa shape index (κ3) is 2.06. The van der Waals surface area contributed by atoms with Gasteiger partial charge in [0.1, 0.15) is 5.82 Å². The van der Waals surface area contributed by atoms with Crippen molar-refractivity contribution < 1.29 is 0 Å². The molecule has 112 valence electrons. The van der Waals surface area contributed by atoms with E-state index in [0.717, 1.165) is 40.4 Å². The maximum Gasteiger partial charge on any atom is 0.129 e. The minimum atomic E-state index is 0.533. The largest absolute Gasteiger partial charge is 0.355 e. The normalized spacial score (nSPS) is 15.3. The number of aromatic nitrogens is 3. The van der Waals surface area contributed by atoms with Crippen molar-refractivity contribution in [2.45, 2.75) is 12.8 Å². The van der Waals surface area contributed by atoms with Crippen LogP contribution < -0.4 is 4.90 Å². The first-order chi connectivity index (χ1) is 10.6. The minimum absolute atomic E-state index is 0.533. The average molecular weight is 313 g/mol. The number of pyridine rings is 1. The molecular weight excluding hydrogens is 296 g/mol. The van der Waals surface area contributed by atoms with E-state index in [1.54, 1.807) is 0 Å². The topological polar surface area (TPSA) is 34.0 Å². The fraction of sp³-hybridized carbons (Fsp3) is 0.294. The third-order valence-electron chi connectivity index (χ3n) is 4.47. The SMILES string of the molecule is Cc1ccc(Cl)c2ccc(N3CC(c4ccnn4C)C3)nc12. The molecule has 1 aliphatic rings. The Balaban J connectivity index is 1.61. The Kier molecular flexibility index (Phi) is 3.08. The molecule has 0 spiro atoms. The summed E-state index contributed by atoms with van der Waals surface area (Å²) >= 11 is 6.25. The summed E-state index contributed by atoms with van der Waals surface area (Å²) < 4.78 is 1.96. The first-order valence-electron chi connectivity index (χ1n) is 7.42. The van der Waals surface area contributed by atoms with Crippen molar-refractivity contribution in [2.75, 3.05) is 18.0 Å². The predicted octanol–water partition coefficient (Wildman–Crippen LogP) is 3.53. The number of aryl methyl sites for hydroxylation is 2. The van der Waals surface area contributed by atoms with Crippen LogP contribution in [-0.2, 0) is 7.05 Å². The molecule has 0 saturated carbocycles. The molecule has 1 aromatic carbocycles.